The van der Waals surface area contributed by atoms with E-state index in [1.165, 1.54) is 0 Å². The Kier molecular flexibility index (Phi) is 5.27. The van der Waals surface area contributed by atoms with Gasteiger partial charge in [-0.3, -0.25) is 14.6 Å². The molecule has 24 heavy (non-hydrogen) atoms. The van der Waals surface area contributed by atoms with Crippen LogP contribution in [0, 0.1) is 5.92 Å². The molecule has 0 bridgehead atoms. The fourth-order valence-corrected chi connectivity index (χ4v) is 3.41. The van der Waals surface area contributed by atoms with E-state index in [1.807, 2.05) is 9.80 Å². The van der Waals surface area contributed by atoms with E-state index in [0.717, 1.165) is 38.8 Å². The van der Waals surface area contributed by atoms with Crippen molar-refractivity contribution in [2.75, 3.05) is 26.2 Å². The summed E-state index contributed by atoms with van der Waals surface area (Å²) in [5, 5.41) is 0. The number of hydrogen-bond donors (Lipinski definition) is 0. The van der Waals surface area contributed by atoms with Gasteiger partial charge < -0.3 is 14.5 Å². The van der Waals surface area contributed by atoms with Gasteiger partial charge in [0.25, 0.3) is 0 Å². The summed E-state index contributed by atoms with van der Waals surface area (Å²) in [6.07, 6.45) is 8.10. The number of amides is 2. The van der Waals surface area contributed by atoms with Crippen LogP contribution in [0.5, 0.6) is 5.88 Å². The van der Waals surface area contributed by atoms with Gasteiger partial charge in [-0.05, 0) is 12.8 Å². The summed E-state index contributed by atoms with van der Waals surface area (Å²) in [5.74, 6) is 0.927. The highest BCUT2D eigenvalue weighted by atomic mass is 16.5. The largest absolute Gasteiger partial charge is 0.473 e. The smallest absolute Gasteiger partial charge is 0.232 e. The van der Waals surface area contributed by atoms with Crippen LogP contribution >= 0.6 is 0 Å². The molecule has 7 heteroatoms. The molecule has 2 saturated heterocycles. The lowest BCUT2D eigenvalue weighted by molar-refractivity contribution is -0.141. The fraction of sp³-hybridized carbons (Fsp3) is 0.647. The van der Waals surface area contributed by atoms with Crippen molar-refractivity contribution in [3.63, 3.8) is 0 Å². The first-order chi connectivity index (χ1) is 11.6. The van der Waals surface area contributed by atoms with Gasteiger partial charge in [0, 0.05) is 64.3 Å². The van der Waals surface area contributed by atoms with Crippen molar-refractivity contribution in [1.29, 1.82) is 0 Å². The van der Waals surface area contributed by atoms with E-state index in [2.05, 4.69) is 9.97 Å². The molecule has 0 spiro atoms. The van der Waals surface area contributed by atoms with E-state index >= 15 is 0 Å². The average molecular weight is 332 g/mol. The van der Waals surface area contributed by atoms with Crippen molar-refractivity contribution >= 4 is 11.8 Å². The van der Waals surface area contributed by atoms with Gasteiger partial charge >= 0.3 is 0 Å². The molecule has 130 valence electrons. The van der Waals surface area contributed by atoms with Crippen molar-refractivity contribution in [2.24, 2.45) is 5.92 Å². The molecule has 0 aliphatic carbocycles. The second-order valence-corrected chi connectivity index (χ2v) is 6.47. The first-order valence-corrected chi connectivity index (χ1v) is 8.60. The van der Waals surface area contributed by atoms with Crippen molar-refractivity contribution in [3.05, 3.63) is 18.6 Å². The maximum atomic E-state index is 12.7. The number of aromatic nitrogens is 2. The summed E-state index contributed by atoms with van der Waals surface area (Å²) in [7, 11) is 0. The summed E-state index contributed by atoms with van der Waals surface area (Å²) < 4.78 is 5.81. The third-order valence-corrected chi connectivity index (χ3v) is 4.87. The third kappa shape index (κ3) is 4.01. The standard InChI is InChI=1S/C17H24N4O3/c1-13(22)20-8-2-14(3-9-20)17(23)21-10-4-15(5-11-21)24-16-12-18-6-7-19-16/h6-7,12,14-15H,2-5,8-11H2,1H3. The predicted octanol–water partition coefficient (Wildman–Crippen LogP) is 1.10. The Morgan fingerprint density at radius 3 is 2.29 bits per heavy atom. The molecule has 2 aliphatic heterocycles. The first-order valence-electron chi connectivity index (χ1n) is 8.60. The Labute approximate surface area is 142 Å². The van der Waals surface area contributed by atoms with E-state index in [0.29, 0.717) is 19.0 Å². The van der Waals surface area contributed by atoms with Crippen LogP contribution in [0.4, 0.5) is 0 Å². The SMILES string of the molecule is CC(=O)N1CCC(C(=O)N2CCC(Oc3cnccn3)CC2)CC1. The minimum atomic E-state index is 0.0538. The number of ether oxygens (including phenoxy) is 1. The number of hydrogen-bond acceptors (Lipinski definition) is 5. The first kappa shape index (κ1) is 16.7. The van der Waals surface area contributed by atoms with Gasteiger partial charge in [-0.2, -0.15) is 0 Å². The lowest BCUT2D eigenvalue weighted by atomic mass is 9.94. The van der Waals surface area contributed by atoms with Crippen LogP contribution in [0.1, 0.15) is 32.6 Å². The Morgan fingerprint density at radius 2 is 1.71 bits per heavy atom. The highest BCUT2D eigenvalue weighted by Crippen LogP contribution is 2.23. The van der Waals surface area contributed by atoms with Crippen LogP contribution in [0.15, 0.2) is 18.6 Å². The summed E-state index contributed by atoms with van der Waals surface area (Å²) >= 11 is 0. The van der Waals surface area contributed by atoms with Crippen LogP contribution in [0.25, 0.3) is 0 Å². The van der Waals surface area contributed by atoms with Crippen molar-refractivity contribution in [3.8, 4) is 5.88 Å². The zero-order chi connectivity index (χ0) is 16.9. The zero-order valence-corrected chi connectivity index (χ0v) is 14.1. The fourth-order valence-electron chi connectivity index (χ4n) is 3.41. The van der Waals surface area contributed by atoms with Gasteiger partial charge in [0.15, 0.2) is 0 Å². The zero-order valence-electron chi connectivity index (χ0n) is 14.1. The molecule has 2 amide bonds. The predicted molar refractivity (Wildman–Crippen MR) is 87.2 cm³/mol. The lowest BCUT2D eigenvalue weighted by Crippen LogP contribution is -2.47. The molecule has 0 radical (unpaired) electrons. The number of likely N-dealkylation sites (tertiary alicyclic amines) is 2. The van der Waals surface area contributed by atoms with E-state index in [4.69, 9.17) is 4.74 Å². The van der Waals surface area contributed by atoms with Gasteiger partial charge in [0.1, 0.15) is 6.10 Å². The number of carbonyl (C=O) groups is 2. The molecule has 0 N–H and O–H groups in total. The number of piperidine rings is 2. The Hall–Kier alpha value is -2.18. The van der Waals surface area contributed by atoms with E-state index in [1.54, 1.807) is 25.5 Å². The van der Waals surface area contributed by atoms with Gasteiger partial charge in [-0.25, -0.2) is 4.98 Å². The van der Waals surface area contributed by atoms with Crippen LogP contribution in [-0.4, -0.2) is 63.9 Å². The number of carbonyl (C=O) groups excluding carboxylic acids is 2. The van der Waals surface area contributed by atoms with E-state index in [9.17, 15) is 9.59 Å². The normalized spacial score (nSPS) is 20.0. The molecule has 3 heterocycles. The van der Waals surface area contributed by atoms with Gasteiger partial charge in [0.05, 0.1) is 6.20 Å². The second-order valence-electron chi connectivity index (χ2n) is 6.47. The van der Waals surface area contributed by atoms with Gasteiger partial charge in [-0.15, -0.1) is 0 Å². The molecule has 0 atom stereocenters. The Morgan fingerprint density at radius 1 is 1.04 bits per heavy atom. The van der Waals surface area contributed by atoms with Crippen LogP contribution in [0.2, 0.25) is 0 Å². The summed E-state index contributed by atoms with van der Waals surface area (Å²) in [5.41, 5.74) is 0. The molecule has 0 unspecified atom stereocenters. The number of rotatable bonds is 3. The molecule has 1 aromatic rings. The third-order valence-electron chi connectivity index (χ3n) is 4.87. The van der Waals surface area contributed by atoms with Crippen LogP contribution < -0.4 is 4.74 Å². The van der Waals surface area contributed by atoms with E-state index < -0.39 is 0 Å². The molecule has 0 saturated carbocycles. The lowest BCUT2D eigenvalue weighted by Gasteiger charge is -2.37. The molecular weight excluding hydrogens is 308 g/mol. The van der Waals surface area contributed by atoms with Crippen LogP contribution in [0.3, 0.4) is 0 Å². The molecular formula is C17H24N4O3. The molecule has 7 nitrogen and oxygen atoms in total. The second kappa shape index (κ2) is 7.59. The maximum Gasteiger partial charge on any atom is 0.232 e. The molecule has 0 aromatic carbocycles. The summed E-state index contributed by atoms with van der Waals surface area (Å²) in [4.78, 5) is 35.9. The summed E-state index contributed by atoms with van der Waals surface area (Å²) in [6, 6.07) is 0. The van der Waals surface area contributed by atoms with Crippen molar-refractivity contribution in [2.45, 2.75) is 38.7 Å². The van der Waals surface area contributed by atoms with Crippen LogP contribution in [-0.2, 0) is 9.59 Å². The minimum absolute atomic E-state index is 0.0538. The monoisotopic (exact) mass is 332 g/mol. The number of nitrogens with zero attached hydrogens (tertiary/aromatic N) is 4. The topological polar surface area (TPSA) is 75.6 Å². The Balaban J connectivity index is 1.45. The van der Waals surface area contributed by atoms with E-state index in [-0.39, 0.29) is 23.8 Å². The molecule has 2 aliphatic rings. The Bertz CT molecular complexity index is 564. The minimum Gasteiger partial charge on any atom is -0.473 e. The quantitative estimate of drug-likeness (QED) is 0.829. The van der Waals surface area contributed by atoms with Crippen molar-refractivity contribution in [1.82, 2.24) is 19.8 Å². The highest BCUT2D eigenvalue weighted by Gasteiger charge is 2.31. The van der Waals surface area contributed by atoms with Crippen molar-refractivity contribution < 1.29 is 14.3 Å². The highest BCUT2D eigenvalue weighted by molar-refractivity contribution is 5.79. The molecule has 3 rings (SSSR count). The maximum absolute atomic E-state index is 12.7. The average Bonchev–Trinajstić information content (AvgIpc) is 2.63. The molecule has 1 aromatic heterocycles. The summed E-state index contributed by atoms with van der Waals surface area (Å²) in [6.45, 7) is 4.41. The molecule has 2 fully saturated rings. The van der Waals surface area contributed by atoms with Gasteiger partial charge in [0.2, 0.25) is 17.7 Å². The van der Waals surface area contributed by atoms with Gasteiger partial charge in [-0.1, -0.05) is 0 Å².